The second-order valence-corrected chi connectivity index (χ2v) is 10.2. The van der Waals surface area contributed by atoms with Crippen LogP contribution in [0.5, 0.6) is 5.75 Å². The molecule has 0 atom stereocenters. The lowest BCUT2D eigenvalue weighted by molar-refractivity contribution is 0.0337. The van der Waals surface area contributed by atoms with Crippen LogP contribution in [-0.4, -0.2) is 77.9 Å². The summed E-state index contributed by atoms with van der Waals surface area (Å²) in [5.74, 6) is 1.23. The molecule has 0 unspecified atom stereocenters. The maximum Gasteiger partial charge on any atom is 0.151 e. The molecule has 6 rings (SSSR count). The molecule has 36 heavy (non-hydrogen) atoms. The van der Waals surface area contributed by atoms with Gasteiger partial charge in [-0.25, -0.2) is 9.37 Å². The highest BCUT2D eigenvalue weighted by Gasteiger charge is 2.24. The third-order valence-corrected chi connectivity index (χ3v) is 7.57. The third-order valence-electron chi connectivity index (χ3n) is 7.57. The molecule has 3 aliphatic heterocycles. The van der Waals surface area contributed by atoms with Gasteiger partial charge < -0.3 is 14.4 Å². The summed E-state index contributed by atoms with van der Waals surface area (Å²) in [6.07, 6.45) is 2.01. The second kappa shape index (κ2) is 9.84. The van der Waals surface area contributed by atoms with Crippen molar-refractivity contribution >= 4 is 5.69 Å². The molecule has 1 aromatic heterocycles. The molecule has 2 aromatic carbocycles. The van der Waals surface area contributed by atoms with Crippen molar-refractivity contribution in [1.29, 1.82) is 0 Å². The first-order valence-corrected chi connectivity index (χ1v) is 13.0. The van der Waals surface area contributed by atoms with Gasteiger partial charge in [-0.15, -0.1) is 0 Å². The Kier molecular flexibility index (Phi) is 6.41. The Hall–Kier alpha value is -2.94. The first kappa shape index (κ1) is 23.5. The molecule has 0 radical (unpaired) electrons. The molecule has 0 bridgehead atoms. The molecular weight excluding hydrogens is 457 g/mol. The Morgan fingerprint density at radius 2 is 1.72 bits per heavy atom. The van der Waals surface area contributed by atoms with Gasteiger partial charge in [0.2, 0.25) is 0 Å². The summed E-state index contributed by atoms with van der Waals surface area (Å²) in [5.41, 5.74) is 4.28. The minimum atomic E-state index is -0.257. The first-order chi connectivity index (χ1) is 17.5. The van der Waals surface area contributed by atoms with Gasteiger partial charge in [-0.05, 0) is 37.6 Å². The first-order valence-electron chi connectivity index (χ1n) is 13.0. The summed E-state index contributed by atoms with van der Waals surface area (Å²) in [7, 11) is 0. The number of imidazole rings is 1. The van der Waals surface area contributed by atoms with Crippen molar-refractivity contribution in [1.82, 2.24) is 19.4 Å². The van der Waals surface area contributed by atoms with Crippen LogP contribution in [0.2, 0.25) is 0 Å². The Bertz CT molecular complexity index is 1210. The van der Waals surface area contributed by atoms with Gasteiger partial charge in [0.05, 0.1) is 24.6 Å². The fourth-order valence-electron chi connectivity index (χ4n) is 5.41. The normalized spacial score (nSPS) is 18.7. The number of halogens is 1. The highest BCUT2D eigenvalue weighted by Crippen LogP contribution is 2.37. The molecule has 2 saturated heterocycles. The highest BCUT2D eigenvalue weighted by atomic mass is 19.1. The van der Waals surface area contributed by atoms with Crippen LogP contribution >= 0.6 is 0 Å². The zero-order valence-electron chi connectivity index (χ0n) is 21.1. The second-order valence-electron chi connectivity index (χ2n) is 10.2. The summed E-state index contributed by atoms with van der Waals surface area (Å²) in [5, 5.41) is 0. The molecule has 3 aliphatic rings. The van der Waals surface area contributed by atoms with E-state index in [-0.39, 0.29) is 5.82 Å². The summed E-state index contributed by atoms with van der Waals surface area (Å²) in [6, 6.07) is 12.2. The van der Waals surface area contributed by atoms with Gasteiger partial charge in [0, 0.05) is 75.4 Å². The molecule has 0 aliphatic carbocycles. The van der Waals surface area contributed by atoms with Gasteiger partial charge in [0.1, 0.15) is 18.2 Å². The fraction of sp³-hybridized carbons (Fsp3) is 0.464. The van der Waals surface area contributed by atoms with Crippen LogP contribution in [0, 0.1) is 5.82 Å². The maximum atomic E-state index is 15.4. The number of morpholine rings is 1. The van der Waals surface area contributed by atoms with Crippen LogP contribution in [0.25, 0.3) is 16.8 Å². The molecule has 0 saturated carbocycles. The predicted octanol–water partition coefficient (Wildman–Crippen LogP) is 3.93. The Morgan fingerprint density at radius 3 is 2.44 bits per heavy atom. The molecule has 3 aromatic rings. The zero-order valence-corrected chi connectivity index (χ0v) is 21.1. The Balaban J connectivity index is 1.20. The topological polar surface area (TPSA) is 46.0 Å². The van der Waals surface area contributed by atoms with Crippen molar-refractivity contribution in [3.8, 4) is 22.6 Å². The molecule has 7 nitrogen and oxygen atoms in total. The minimum absolute atomic E-state index is 0.257. The average Bonchev–Trinajstić information content (AvgIpc) is 3.32. The van der Waals surface area contributed by atoms with E-state index >= 15 is 4.39 Å². The van der Waals surface area contributed by atoms with E-state index in [4.69, 9.17) is 14.5 Å². The predicted molar refractivity (Wildman–Crippen MR) is 138 cm³/mol. The van der Waals surface area contributed by atoms with Gasteiger partial charge in [0.15, 0.2) is 5.82 Å². The molecular formula is C28H34FN5O2. The number of anilines is 1. The molecule has 0 amide bonds. The van der Waals surface area contributed by atoms with E-state index in [1.807, 2.05) is 29.0 Å². The lowest BCUT2D eigenvalue weighted by Crippen LogP contribution is -2.48. The van der Waals surface area contributed by atoms with Gasteiger partial charge in [-0.3, -0.25) is 14.4 Å². The monoisotopic (exact) mass is 491 g/mol. The van der Waals surface area contributed by atoms with Crippen molar-refractivity contribution < 1.29 is 13.9 Å². The van der Waals surface area contributed by atoms with Crippen LogP contribution < -0.4 is 9.64 Å². The lowest BCUT2D eigenvalue weighted by atomic mass is 10.0. The average molecular weight is 492 g/mol. The SMILES string of the molecule is CC(C)N1CCN(c2ccc(-c3cc4c(cc3F)-n3cc(CN5CCOCC5)nc3CO4)cc2)CC1. The van der Waals surface area contributed by atoms with Crippen LogP contribution in [0.1, 0.15) is 25.4 Å². The maximum absolute atomic E-state index is 15.4. The molecule has 4 heterocycles. The smallest absolute Gasteiger partial charge is 0.151 e. The summed E-state index contributed by atoms with van der Waals surface area (Å²) in [4.78, 5) is 12.0. The Morgan fingerprint density at radius 1 is 0.972 bits per heavy atom. The van der Waals surface area contributed by atoms with Crippen molar-refractivity contribution in [2.75, 3.05) is 57.4 Å². The van der Waals surface area contributed by atoms with Crippen LogP contribution in [0.3, 0.4) is 0 Å². The van der Waals surface area contributed by atoms with Gasteiger partial charge in [0.25, 0.3) is 0 Å². The number of rotatable bonds is 5. The van der Waals surface area contributed by atoms with Crippen molar-refractivity contribution in [2.45, 2.75) is 33.0 Å². The van der Waals surface area contributed by atoms with Crippen LogP contribution in [-0.2, 0) is 17.9 Å². The number of aromatic nitrogens is 2. The minimum Gasteiger partial charge on any atom is -0.483 e. The third kappa shape index (κ3) is 4.61. The Labute approximate surface area is 212 Å². The van der Waals surface area contributed by atoms with Gasteiger partial charge >= 0.3 is 0 Å². The zero-order chi connectivity index (χ0) is 24.6. The van der Waals surface area contributed by atoms with Crippen molar-refractivity contribution in [3.63, 3.8) is 0 Å². The van der Waals surface area contributed by atoms with E-state index in [1.54, 1.807) is 6.07 Å². The number of piperazine rings is 1. The highest BCUT2D eigenvalue weighted by molar-refractivity contribution is 5.71. The standard InChI is InChI=1S/C28H34FN5O2/c1-20(2)32-7-9-33(10-8-32)23-5-3-21(4-6-23)24-15-27-26(16-25(24)29)34-18-22(30-28(34)19-36-27)17-31-11-13-35-14-12-31/h3-6,15-16,18,20H,7-14,17,19H2,1-2H3. The number of hydrogen-bond acceptors (Lipinski definition) is 6. The fourth-order valence-corrected chi connectivity index (χ4v) is 5.41. The van der Waals surface area contributed by atoms with Crippen LogP contribution in [0.4, 0.5) is 10.1 Å². The largest absolute Gasteiger partial charge is 0.483 e. The van der Waals surface area contributed by atoms with Gasteiger partial charge in [-0.2, -0.15) is 0 Å². The van der Waals surface area contributed by atoms with E-state index in [0.717, 1.165) is 76.1 Å². The molecule has 0 N–H and O–H groups in total. The van der Waals surface area contributed by atoms with Gasteiger partial charge in [-0.1, -0.05) is 12.1 Å². The van der Waals surface area contributed by atoms with E-state index in [9.17, 15) is 0 Å². The van der Waals surface area contributed by atoms with E-state index in [1.165, 1.54) is 5.69 Å². The number of benzene rings is 2. The number of hydrogen-bond donors (Lipinski definition) is 0. The van der Waals surface area contributed by atoms with Crippen LogP contribution in [0.15, 0.2) is 42.6 Å². The quantitative estimate of drug-likeness (QED) is 0.539. The van der Waals surface area contributed by atoms with Crippen molar-refractivity contribution in [2.24, 2.45) is 0 Å². The summed E-state index contributed by atoms with van der Waals surface area (Å²) < 4.78 is 28.8. The molecule has 190 valence electrons. The molecule has 8 heteroatoms. The number of ether oxygens (including phenoxy) is 2. The van der Waals surface area contributed by atoms with E-state index < -0.39 is 0 Å². The summed E-state index contributed by atoms with van der Waals surface area (Å²) >= 11 is 0. The van der Waals surface area contributed by atoms with E-state index in [2.05, 4.69) is 40.7 Å². The lowest BCUT2D eigenvalue weighted by Gasteiger charge is -2.38. The van der Waals surface area contributed by atoms with Crippen molar-refractivity contribution in [3.05, 3.63) is 59.9 Å². The van der Waals surface area contributed by atoms with E-state index in [0.29, 0.717) is 29.6 Å². The molecule has 0 spiro atoms. The summed E-state index contributed by atoms with van der Waals surface area (Å²) in [6.45, 7) is 13.1. The number of fused-ring (bicyclic) bond motifs is 3. The number of nitrogens with zero attached hydrogens (tertiary/aromatic N) is 5. The molecule has 2 fully saturated rings.